The first-order chi connectivity index (χ1) is 11.2. The van der Waals surface area contributed by atoms with E-state index >= 15 is 0 Å². The van der Waals surface area contributed by atoms with Gasteiger partial charge in [0.15, 0.2) is 0 Å². The average molecular weight is 303 g/mol. The molecule has 2 heterocycles. The molecule has 3 aromatic rings. The summed E-state index contributed by atoms with van der Waals surface area (Å²) in [5, 5.41) is 9.83. The summed E-state index contributed by atoms with van der Waals surface area (Å²) in [6, 6.07) is 17.6. The third kappa shape index (κ3) is 2.28. The maximum atomic E-state index is 11.4. The number of aromatic hydroxyl groups is 1. The zero-order valence-corrected chi connectivity index (χ0v) is 12.1. The number of para-hydroxylation sites is 1. The van der Waals surface area contributed by atoms with Crippen LogP contribution >= 0.6 is 0 Å². The summed E-state index contributed by atoms with van der Waals surface area (Å²) < 4.78 is 0. The minimum Gasteiger partial charge on any atom is -0.493 e. The third-order valence-electron chi connectivity index (χ3n) is 3.75. The number of allylic oxidation sites excluding steroid dienone is 1. The topological polar surface area (TPSA) is 81.2 Å². The number of hydrogen-bond acceptors (Lipinski definition) is 3. The Morgan fingerprint density at radius 3 is 2.43 bits per heavy atom. The lowest BCUT2D eigenvalue weighted by Crippen LogP contribution is -2.01. The Hall–Kier alpha value is -3.34. The van der Waals surface area contributed by atoms with Crippen molar-refractivity contribution in [2.45, 2.75) is 0 Å². The van der Waals surface area contributed by atoms with Gasteiger partial charge in [0.05, 0.1) is 11.4 Å². The van der Waals surface area contributed by atoms with Gasteiger partial charge in [-0.1, -0.05) is 48.5 Å². The summed E-state index contributed by atoms with van der Waals surface area (Å²) in [6.07, 6.45) is 1.74. The molecule has 4 rings (SSSR count). The van der Waals surface area contributed by atoms with E-state index in [0.29, 0.717) is 5.69 Å². The van der Waals surface area contributed by atoms with E-state index in [9.17, 15) is 9.90 Å². The van der Waals surface area contributed by atoms with Crippen LogP contribution in [0, 0.1) is 0 Å². The first kappa shape index (κ1) is 13.3. The molecule has 0 atom stereocenters. The molecule has 0 fully saturated rings. The van der Waals surface area contributed by atoms with Crippen LogP contribution in [-0.4, -0.2) is 20.8 Å². The van der Waals surface area contributed by atoms with E-state index in [1.807, 2.05) is 54.6 Å². The predicted octanol–water partition coefficient (Wildman–Crippen LogP) is 3.08. The number of nitrogens with zero attached hydrogens (tertiary/aromatic N) is 1. The second-order valence-electron chi connectivity index (χ2n) is 5.24. The number of imidazole rings is 1. The Bertz CT molecular complexity index is 994. The molecule has 1 aliphatic heterocycles. The van der Waals surface area contributed by atoms with Crippen molar-refractivity contribution in [1.29, 1.82) is 0 Å². The van der Waals surface area contributed by atoms with Crippen LogP contribution in [0.15, 0.2) is 64.4 Å². The first-order valence-corrected chi connectivity index (χ1v) is 7.19. The predicted molar refractivity (Wildman–Crippen MR) is 90.0 cm³/mol. The molecule has 2 aromatic carbocycles. The molecular formula is C18H13N3O2. The third-order valence-corrected chi connectivity index (χ3v) is 3.75. The van der Waals surface area contributed by atoms with E-state index in [1.54, 1.807) is 6.08 Å². The van der Waals surface area contributed by atoms with E-state index < -0.39 is 5.69 Å². The number of hydrogen-bond donors (Lipinski definition) is 3. The summed E-state index contributed by atoms with van der Waals surface area (Å²) in [7, 11) is 0. The maximum Gasteiger partial charge on any atom is 0.326 e. The molecule has 0 bridgehead atoms. The van der Waals surface area contributed by atoms with Crippen LogP contribution in [-0.2, 0) is 0 Å². The molecule has 0 spiro atoms. The van der Waals surface area contributed by atoms with Gasteiger partial charge in [0.2, 0.25) is 5.88 Å². The number of aromatic amines is 2. The van der Waals surface area contributed by atoms with Gasteiger partial charge in [-0.25, -0.2) is 9.79 Å². The minimum atomic E-state index is -0.446. The fourth-order valence-corrected chi connectivity index (χ4v) is 2.71. The van der Waals surface area contributed by atoms with Crippen LogP contribution in [0.25, 0.3) is 11.6 Å². The van der Waals surface area contributed by atoms with Crippen LogP contribution in [0.5, 0.6) is 5.88 Å². The Morgan fingerprint density at radius 1 is 0.957 bits per heavy atom. The van der Waals surface area contributed by atoms with E-state index in [0.717, 1.165) is 28.1 Å². The van der Waals surface area contributed by atoms with E-state index in [4.69, 9.17) is 4.99 Å². The zero-order valence-electron chi connectivity index (χ0n) is 12.1. The van der Waals surface area contributed by atoms with Crippen molar-refractivity contribution in [2.75, 3.05) is 0 Å². The first-order valence-electron chi connectivity index (χ1n) is 7.19. The SMILES string of the molecule is O=c1[nH]c(O)c(/C=C2/C(c3ccccc3)=Nc3ccccc32)[nH]1. The molecule has 3 N–H and O–H groups in total. The molecule has 0 saturated heterocycles. The molecule has 112 valence electrons. The molecule has 23 heavy (non-hydrogen) atoms. The van der Waals surface area contributed by atoms with Gasteiger partial charge in [0.1, 0.15) is 5.69 Å². The summed E-state index contributed by atoms with van der Waals surface area (Å²) in [6.45, 7) is 0. The Labute approximate surface area is 131 Å². The molecule has 1 aromatic heterocycles. The van der Waals surface area contributed by atoms with Crippen LogP contribution in [0.1, 0.15) is 16.8 Å². The van der Waals surface area contributed by atoms with Crippen molar-refractivity contribution in [3.8, 4) is 5.88 Å². The van der Waals surface area contributed by atoms with Crippen molar-refractivity contribution in [1.82, 2.24) is 9.97 Å². The van der Waals surface area contributed by atoms with Crippen molar-refractivity contribution in [2.24, 2.45) is 4.99 Å². The van der Waals surface area contributed by atoms with Crippen LogP contribution in [0.2, 0.25) is 0 Å². The highest BCUT2D eigenvalue weighted by Gasteiger charge is 2.22. The number of nitrogens with one attached hydrogen (secondary N) is 2. The van der Waals surface area contributed by atoms with Gasteiger partial charge in [-0.3, -0.25) is 4.98 Å². The van der Waals surface area contributed by atoms with Crippen molar-refractivity contribution in [3.63, 3.8) is 0 Å². The number of H-pyrrole nitrogens is 2. The smallest absolute Gasteiger partial charge is 0.326 e. The lowest BCUT2D eigenvalue weighted by molar-refractivity contribution is 0.454. The van der Waals surface area contributed by atoms with Crippen LogP contribution in [0.3, 0.4) is 0 Å². The second kappa shape index (κ2) is 5.14. The average Bonchev–Trinajstić information content (AvgIpc) is 3.09. The number of rotatable bonds is 2. The van der Waals surface area contributed by atoms with Crippen molar-refractivity contribution < 1.29 is 5.11 Å². The molecule has 1 aliphatic rings. The summed E-state index contributed by atoms with van der Waals surface area (Å²) in [5.41, 5.74) is 4.38. The monoisotopic (exact) mass is 303 g/mol. The number of benzene rings is 2. The number of aliphatic imine (C=N–C) groups is 1. The molecule has 5 heteroatoms. The van der Waals surface area contributed by atoms with Gasteiger partial charge in [-0.2, -0.15) is 0 Å². The molecule has 0 amide bonds. The van der Waals surface area contributed by atoms with Gasteiger partial charge >= 0.3 is 5.69 Å². The van der Waals surface area contributed by atoms with E-state index in [1.165, 1.54) is 0 Å². The van der Waals surface area contributed by atoms with Gasteiger partial charge in [-0.05, 0) is 12.1 Å². The van der Waals surface area contributed by atoms with Crippen molar-refractivity contribution in [3.05, 3.63) is 81.9 Å². The molecule has 5 nitrogen and oxygen atoms in total. The largest absolute Gasteiger partial charge is 0.493 e. The Balaban J connectivity index is 1.92. The molecule has 0 aliphatic carbocycles. The minimum absolute atomic E-state index is 0.181. The maximum absolute atomic E-state index is 11.4. The standard InChI is InChI=1S/C18H13N3O2/c22-17-15(20-18(23)21-17)10-13-12-8-4-5-9-14(12)19-16(13)11-6-2-1-3-7-11/h1-10,22H,(H2,20,21,23)/b13-10+. The van der Waals surface area contributed by atoms with Gasteiger partial charge in [0, 0.05) is 16.7 Å². The second-order valence-corrected chi connectivity index (χ2v) is 5.24. The number of fused-ring (bicyclic) bond motifs is 1. The quantitative estimate of drug-likeness (QED) is 0.680. The summed E-state index contributed by atoms with van der Waals surface area (Å²) >= 11 is 0. The van der Waals surface area contributed by atoms with Gasteiger partial charge < -0.3 is 10.1 Å². The molecular weight excluding hydrogens is 290 g/mol. The van der Waals surface area contributed by atoms with Gasteiger partial charge in [0.25, 0.3) is 0 Å². The number of aromatic nitrogens is 2. The molecule has 0 radical (unpaired) electrons. The lowest BCUT2D eigenvalue weighted by atomic mass is 9.97. The highest BCUT2D eigenvalue weighted by Crippen LogP contribution is 2.38. The van der Waals surface area contributed by atoms with Gasteiger partial charge in [-0.15, -0.1) is 0 Å². The van der Waals surface area contributed by atoms with E-state index in [-0.39, 0.29) is 5.88 Å². The van der Waals surface area contributed by atoms with Crippen LogP contribution < -0.4 is 5.69 Å². The summed E-state index contributed by atoms with van der Waals surface area (Å²) in [4.78, 5) is 21.0. The molecule has 0 unspecified atom stereocenters. The lowest BCUT2D eigenvalue weighted by Gasteiger charge is -2.05. The normalized spacial score (nSPS) is 14.8. The highest BCUT2D eigenvalue weighted by molar-refractivity contribution is 6.38. The van der Waals surface area contributed by atoms with Crippen molar-refractivity contribution >= 4 is 23.0 Å². The highest BCUT2D eigenvalue weighted by atomic mass is 16.3. The summed E-state index contributed by atoms with van der Waals surface area (Å²) in [5.74, 6) is -0.181. The Morgan fingerprint density at radius 2 is 1.70 bits per heavy atom. The fourth-order valence-electron chi connectivity index (χ4n) is 2.71. The molecule has 0 saturated carbocycles. The Kier molecular flexibility index (Phi) is 2.98. The fraction of sp³-hybridized carbons (Fsp3) is 0. The van der Waals surface area contributed by atoms with E-state index in [2.05, 4.69) is 9.97 Å². The van der Waals surface area contributed by atoms with Crippen LogP contribution in [0.4, 0.5) is 5.69 Å². The zero-order chi connectivity index (χ0) is 15.8.